The van der Waals surface area contributed by atoms with Crippen LogP contribution in [0.1, 0.15) is 162 Å². The Hall–Kier alpha value is -0.950. The second kappa shape index (κ2) is 28.6. The molecule has 0 rings (SSSR count). The first-order chi connectivity index (χ1) is 19.0. The van der Waals surface area contributed by atoms with Gasteiger partial charge in [-0.2, -0.15) is 0 Å². The second-order valence-electron chi connectivity index (χ2n) is 11.5. The summed E-state index contributed by atoms with van der Waals surface area (Å²) in [5.41, 5.74) is 0. The van der Waals surface area contributed by atoms with Crippen molar-refractivity contribution < 1.29 is 25.2 Å². The minimum Gasteiger partial charge on any atom is -0.394 e. The van der Waals surface area contributed by atoms with Crippen LogP contribution in [0.3, 0.4) is 0 Å². The maximum atomic E-state index is 12.3. The van der Waals surface area contributed by atoms with E-state index in [0.29, 0.717) is 12.8 Å². The van der Waals surface area contributed by atoms with E-state index in [1.54, 1.807) is 0 Å². The molecule has 6 nitrogen and oxygen atoms in total. The van der Waals surface area contributed by atoms with Crippen LogP contribution in [-0.4, -0.2) is 57.3 Å². The van der Waals surface area contributed by atoms with E-state index >= 15 is 0 Å². The second-order valence-corrected chi connectivity index (χ2v) is 11.5. The highest BCUT2D eigenvalue weighted by atomic mass is 16.3. The molecule has 232 valence electrons. The van der Waals surface area contributed by atoms with Crippen LogP contribution >= 0.6 is 0 Å². The monoisotopic (exact) mass is 555 g/mol. The molecule has 4 atom stereocenters. The van der Waals surface area contributed by atoms with Crippen LogP contribution in [0.5, 0.6) is 0 Å². The predicted octanol–water partition coefficient (Wildman–Crippen LogP) is 7.11. The molecule has 0 aliphatic carbocycles. The molecule has 0 aliphatic heterocycles. The zero-order valence-corrected chi connectivity index (χ0v) is 25.6. The normalized spacial score (nSPS) is 14.9. The Balaban J connectivity index is 3.80. The topological polar surface area (TPSA) is 110 Å². The molecule has 0 aromatic heterocycles. The fraction of sp³-hybridized carbons (Fsp3) is 0.909. The van der Waals surface area contributed by atoms with Gasteiger partial charge in [-0.3, -0.25) is 4.79 Å². The van der Waals surface area contributed by atoms with Crippen LogP contribution < -0.4 is 5.32 Å². The number of hydrogen-bond acceptors (Lipinski definition) is 5. The van der Waals surface area contributed by atoms with Crippen LogP contribution in [0.4, 0.5) is 0 Å². The predicted molar refractivity (Wildman–Crippen MR) is 164 cm³/mol. The summed E-state index contributed by atoms with van der Waals surface area (Å²) >= 11 is 0. The van der Waals surface area contributed by atoms with Crippen LogP contribution in [0.25, 0.3) is 0 Å². The van der Waals surface area contributed by atoms with Crippen molar-refractivity contribution in [1.82, 2.24) is 5.32 Å². The van der Waals surface area contributed by atoms with Gasteiger partial charge in [0.25, 0.3) is 0 Å². The maximum absolute atomic E-state index is 12.3. The summed E-state index contributed by atoms with van der Waals surface area (Å²) < 4.78 is 0. The number of aliphatic hydroxyl groups is 4. The summed E-state index contributed by atoms with van der Waals surface area (Å²) in [5, 5.41) is 43.0. The third-order valence-corrected chi connectivity index (χ3v) is 7.73. The highest BCUT2D eigenvalue weighted by Crippen LogP contribution is 2.15. The molecule has 0 bridgehead atoms. The van der Waals surface area contributed by atoms with Gasteiger partial charge in [-0.25, -0.2) is 0 Å². The number of unbranched alkanes of at least 4 members (excludes halogenated alkanes) is 18. The average molecular weight is 556 g/mol. The van der Waals surface area contributed by atoms with Crippen LogP contribution in [0, 0.1) is 0 Å². The lowest BCUT2D eigenvalue weighted by atomic mass is 10.00. The van der Waals surface area contributed by atoms with Gasteiger partial charge in [-0.1, -0.05) is 142 Å². The molecular formula is C33H65NO5. The number of rotatable bonds is 29. The molecule has 0 aromatic rings. The minimum atomic E-state index is -1.27. The molecule has 0 aliphatic rings. The smallest absolute Gasteiger partial charge is 0.249 e. The van der Waals surface area contributed by atoms with E-state index in [4.69, 9.17) is 0 Å². The number of nitrogens with one attached hydrogen (secondary N) is 1. The maximum Gasteiger partial charge on any atom is 0.249 e. The third kappa shape index (κ3) is 23.5. The summed E-state index contributed by atoms with van der Waals surface area (Å²) in [6.07, 6.45) is 26.8. The lowest BCUT2D eigenvalue weighted by molar-refractivity contribution is -0.132. The molecule has 6 heteroatoms. The fourth-order valence-corrected chi connectivity index (χ4v) is 4.98. The summed E-state index contributed by atoms with van der Waals surface area (Å²) in [5.74, 6) is -0.597. The van der Waals surface area contributed by atoms with Crippen molar-refractivity contribution in [2.75, 3.05) is 6.61 Å². The molecule has 0 heterocycles. The van der Waals surface area contributed by atoms with Crippen molar-refractivity contribution in [1.29, 1.82) is 0 Å². The standard InChI is InChI=1S/C33H65NO5/c1-3-5-7-9-11-12-13-14-15-16-17-18-19-21-23-25-27-31(37)33(39)34-29(28-35)32(38)30(36)26-24-22-20-10-8-6-4-2/h10,20,29-32,35-38H,3-9,11-19,21-28H2,1-2H3,(H,34,39)/b20-10+. The van der Waals surface area contributed by atoms with Crippen LogP contribution in [-0.2, 0) is 4.79 Å². The van der Waals surface area contributed by atoms with Crippen molar-refractivity contribution in [3.8, 4) is 0 Å². The summed E-state index contributed by atoms with van der Waals surface area (Å²) in [6, 6.07) is -0.993. The highest BCUT2D eigenvalue weighted by Gasteiger charge is 2.28. The number of hydrogen-bond donors (Lipinski definition) is 5. The van der Waals surface area contributed by atoms with Gasteiger partial charge in [0.2, 0.25) is 5.91 Å². The molecule has 0 fully saturated rings. The largest absolute Gasteiger partial charge is 0.394 e. The number of carbonyl (C=O) groups excluding carboxylic acids is 1. The van der Waals surface area contributed by atoms with Crippen LogP contribution in [0.2, 0.25) is 0 Å². The SMILES string of the molecule is CCCC/C=C/CCCC(O)C(O)C(CO)NC(=O)C(O)CCCCCCCCCCCCCCCCCC. The number of aliphatic hydroxyl groups excluding tert-OH is 4. The number of carbonyl (C=O) groups is 1. The van der Waals surface area contributed by atoms with Crippen molar-refractivity contribution >= 4 is 5.91 Å². The lowest BCUT2D eigenvalue weighted by Crippen LogP contribution is -2.53. The Morgan fingerprint density at radius 3 is 1.51 bits per heavy atom. The zero-order chi connectivity index (χ0) is 29.0. The van der Waals surface area contributed by atoms with Gasteiger partial charge < -0.3 is 25.7 Å². The van der Waals surface area contributed by atoms with Crippen molar-refractivity contribution in [3.63, 3.8) is 0 Å². The van der Waals surface area contributed by atoms with Gasteiger partial charge in [0.1, 0.15) is 12.2 Å². The van der Waals surface area contributed by atoms with Crippen molar-refractivity contribution in [2.45, 2.75) is 186 Å². The van der Waals surface area contributed by atoms with Gasteiger partial charge in [-0.15, -0.1) is 0 Å². The minimum absolute atomic E-state index is 0.367. The van der Waals surface area contributed by atoms with Crippen molar-refractivity contribution in [3.05, 3.63) is 12.2 Å². The first-order valence-electron chi connectivity index (χ1n) is 16.6. The van der Waals surface area contributed by atoms with Gasteiger partial charge in [0.05, 0.1) is 18.8 Å². The molecule has 5 N–H and O–H groups in total. The van der Waals surface area contributed by atoms with Gasteiger partial charge in [-0.05, 0) is 32.1 Å². The summed E-state index contributed by atoms with van der Waals surface area (Å²) in [4.78, 5) is 12.3. The van der Waals surface area contributed by atoms with Gasteiger partial charge in [0, 0.05) is 0 Å². The molecule has 0 aromatic carbocycles. The van der Waals surface area contributed by atoms with Gasteiger partial charge >= 0.3 is 0 Å². The van der Waals surface area contributed by atoms with E-state index in [9.17, 15) is 25.2 Å². The zero-order valence-electron chi connectivity index (χ0n) is 25.6. The van der Waals surface area contributed by atoms with Crippen molar-refractivity contribution in [2.24, 2.45) is 0 Å². The first-order valence-corrected chi connectivity index (χ1v) is 16.6. The Bertz CT molecular complexity index is 556. The lowest BCUT2D eigenvalue weighted by Gasteiger charge is -2.27. The molecule has 0 radical (unpaired) electrons. The molecule has 39 heavy (non-hydrogen) atoms. The molecular weight excluding hydrogens is 490 g/mol. The molecule has 0 saturated carbocycles. The van der Waals surface area contributed by atoms with E-state index in [1.165, 1.54) is 89.9 Å². The summed E-state index contributed by atoms with van der Waals surface area (Å²) in [7, 11) is 0. The highest BCUT2D eigenvalue weighted by molar-refractivity contribution is 5.80. The van der Waals surface area contributed by atoms with Crippen LogP contribution in [0.15, 0.2) is 12.2 Å². The van der Waals surface area contributed by atoms with E-state index in [-0.39, 0.29) is 0 Å². The Morgan fingerprint density at radius 1 is 0.615 bits per heavy atom. The molecule has 4 unspecified atom stereocenters. The third-order valence-electron chi connectivity index (χ3n) is 7.73. The van der Waals surface area contributed by atoms with E-state index in [0.717, 1.165) is 44.9 Å². The number of amides is 1. The number of allylic oxidation sites excluding steroid dienone is 2. The Morgan fingerprint density at radius 2 is 1.05 bits per heavy atom. The fourth-order valence-electron chi connectivity index (χ4n) is 4.98. The Kier molecular flexibility index (Phi) is 27.9. The van der Waals surface area contributed by atoms with Gasteiger partial charge in [0.15, 0.2) is 0 Å². The quantitative estimate of drug-likeness (QED) is 0.0499. The molecule has 0 spiro atoms. The van der Waals surface area contributed by atoms with E-state index in [1.807, 2.05) is 0 Å². The van der Waals surface area contributed by atoms with E-state index in [2.05, 4.69) is 31.3 Å². The van der Waals surface area contributed by atoms with E-state index < -0.39 is 36.9 Å². The average Bonchev–Trinajstić information content (AvgIpc) is 2.94. The molecule has 0 saturated heterocycles. The molecule has 1 amide bonds. The summed E-state index contributed by atoms with van der Waals surface area (Å²) in [6.45, 7) is 3.93. The first kappa shape index (κ1) is 38.0. The Labute approximate surface area is 241 Å².